The van der Waals surface area contributed by atoms with Crippen molar-refractivity contribution in [1.29, 1.82) is 0 Å². The molecule has 7 heteroatoms. The predicted octanol–water partition coefficient (Wildman–Crippen LogP) is 2.22. The Morgan fingerprint density at radius 2 is 1.82 bits per heavy atom. The summed E-state index contributed by atoms with van der Waals surface area (Å²) in [7, 11) is 0. The zero-order chi connectivity index (χ0) is 15.5. The molecule has 0 radical (unpaired) electrons. The topological polar surface area (TPSA) is 58.0 Å². The second kappa shape index (κ2) is 6.56. The zero-order valence-corrected chi connectivity index (χ0v) is 14.2. The molecular weight excluding hydrogens is 296 g/mol. The third kappa shape index (κ3) is 3.35. The summed E-state index contributed by atoms with van der Waals surface area (Å²) in [5.74, 6) is 2.83. The van der Waals surface area contributed by atoms with Crippen LogP contribution in [0.15, 0.2) is 6.07 Å². The van der Waals surface area contributed by atoms with E-state index in [9.17, 15) is 0 Å². The van der Waals surface area contributed by atoms with Crippen molar-refractivity contribution in [2.24, 2.45) is 0 Å². The summed E-state index contributed by atoms with van der Waals surface area (Å²) in [5.41, 5.74) is 1.03. The van der Waals surface area contributed by atoms with Gasteiger partial charge in [-0.1, -0.05) is 6.92 Å². The van der Waals surface area contributed by atoms with Crippen LogP contribution in [0.4, 0.5) is 10.9 Å². The first-order valence-electron chi connectivity index (χ1n) is 7.80. The minimum Gasteiger partial charge on any atom is -0.355 e. The quantitative estimate of drug-likeness (QED) is 0.865. The van der Waals surface area contributed by atoms with Crippen molar-refractivity contribution in [1.82, 2.24) is 19.3 Å². The lowest BCUT2D eigenvalue weighted by molar-refractivity contribution is 0.789. The fourth-order valence-corrected chi connectivity index (χ4v) is 3.52. The lowest BCUT2D eigenvalue weighted by atomic mass is 10.3. The summed E-state index contributed by atoms with van der Waals surface area (Å²) in [6.07, 6.45) is 2.00. The van der Waals surface area contributed by atoms with Gasteiger partial charge in [0.2, 0.25) is 5.13 Å². The first-order valence-corrected chi connectivity index (χ1v) is 8.58. The van der Waals surface area contributed by atoms with Crippen molar-refractivity contribution in [3.8, 4) is 0 Å². The van der Waals surface area contributed by atoms with Crippen LogP contribution < -0.4 is 9.80 Å². The molecule has 0 spiro atoms. The number of hydrogen-bond donors (Lipinski definition) is 0. The number of aryl methyl sites for hydroxylation is 3. The van der Waals surface area contributed by atoms with Gasteiger partial charge in [0.05, 0.1) is 0 Å². The Hall–Kier alpha value is -1.76. The Labute approximate surface area is 135 Å². The summed E-state index contributed by atoms with van der Waals surface area (Å²) < 4.78 is 4.40. The van der Waals surface area contributed by atoms with E-state index in [1.807, 2.05) is 13.8 Å². The molecule has 0 N–H and O–H groups in total. The molecule has 2 aromatic heterocycles. The normalized spacial score (nSPS) is 16.0. The van der Waals surface area contributed by atoms with E-state index in [1.54, 1.807) is 0 Å². The van der Waals surface area contributed by atoms with Crippen LogP contribution in [-0.2, 0) is 6.42 Å². The summed E-state index contributed by atoms with van der Waals surface area (Å²) in [4.78, 5) is 18.3. The van der Waals surface area contributed by atoms with Gasteiger partial charge in [0, 0.05) is 55.9 Å². The van der Waals surface area contributed by atoms with Crippen molar-refractivity contribution >= 4 is 22.5 Å². The first-order chi connectivity index (χ1) is 10.7. The van der Waals surface area contributed by atoms with Gasteiger partial charge in [-0.2, -0.15) is 4.37 Å². The molecule has 6 nitrogen and oxygen atoms in total. The molecule has 3 rings (SSSR count). The lowest BCUT2D eigenvalue weighted by Gasteiger charge is -2.22. The van der Waals surface area contributed by atoms with Crippen LogP contribution in [0.3, 0.4) is 0 Å². The molecule has 118 valence electrons. The molecule has 3 heterocycles. The Balaban J connectivity index is 1.71. The highest BCUT2D eigenvalue weighted by Crippen LogP contribution is 2.21. The fourth-order valence-electron chi connectivity index (χ4n) is 2.71. The molecule has 1 fully saturated rings. The largest absolute Gasteiger partial charge is 0.355 e. The van der Waals surface area contributed by atoms with Crippen LogP contribution in [0.2, 0.25) is 0 Å². The molecule has 0 bridgehead atoms. The van der Waals surface area contributed by atoms with E-state index in [0.717, 1.165) is 67.3 Å². The SMILES string of the molecule is CCc1nsc(N2CCCN(c3cc(C)nc(C)n3)CC2)n1. The van der Waals surface area contributed by atoms with E-state index < -0.39 is 0 Å². The van der Waals surface area contributed by atoms with Crippen LogP contribution in [-0.4, -0.2) is 45.5 Å². The van der Waals surface area contributed by atoms with Crippen molar-refractivity contribution < 1.29 is 0 Å². The molecule has 1 aliphatic heterocycles. The van der Waals surface area contributed by atoms with Crippen molar-refractivity contribution in [3.63, 3.8) is 0 Å². The van der Waals surface area contributed by atoms with E-state index in [0.29, 0.717) is 0 Å². The molecule has 0 atom stereocenters. The third-order valence-electron chi connectivity index (χ3n) is 3.82. The maximum atomic E-state index is 4.61. The van der Waals surface area contributed by atoms with Gasteiger partial charge in [-0.25, -0.2) is 15.0 Å². The molecule has 0 amide bonds. The molecule has 22 heavy (non-hydrogen) atoms. The van der Waals surface area contributed by atoms with Gasteiger partial charge in [-0.15, -0.1) is 0 Å². The maximum absolute atomic E-state index is 4.61. The second-order valence-electron chi connectivity index (χ2n) is 5.59. The van der Waals surface area contributed by atoms with Gasteiger partial charge >= 0.3 is 0 Å². The van der Waals surface area contributed by atoms with Crippen molar-refractivity contribution in [3.05, 3.63) is 23.4 Å². The monoisotopic (exact) mass is 318 g/mol. The Kier molecular flexibility index (Phi) is 4.52. The lowest BCUT2D eigenvalue weighted by Crippen LogP contribution is -2.31. The van der Waals surface area contributed by atoms with Gasteiger partial charge < -0.3 is 9.80 Å². The zero-order valence-electron chi connectivity index (χ0n) is 13.4. The molecular formula is C15H22N6S. The highest BCUT2D eigenvalue weighted by Gasteiger charge is 2.19. The first kappa shape index (κ1) is 15.1. The predicted molar refractivity (Wildman–Crippen MR) is 89.8 cm³/mol. The van der Waals surface area contributed by atoms with E-state index in [4.69, 9.17) is 0 Å². The molecule has 0 aromatic carbocycles. The molecule has 0 aliphatic carbocycles. The maximum Gasteiger partial charge on any atom is 0.205 e. The standard InChI is InChI=1S/C15H22N6S/c1-4-13-18-15(22-19-13)21-7-5-6-20(8-9-21)14-10-11(2)16-12(3)17-14/h10H,4-9H2,1-3H3. The smallest absolute Gasteiger partial charge is 0.205 e. The summed E-state index contributed by atoms with van der Waals surface area (Å²) in [5, 5.41) is 1.05. The van der Waals surface area contributed by atoms with E-state index in [-0.39, 0.29) is 0 Å². The fraction of sp³-hybridized carbons (Fsp3) is 0.600. The Morgan fingerprint density at radius 3 is 2.55 bits per heavy atom. The van der Waals surface area contributed by atoms with Crippen LogP contribution in [0.5, 0.6) is 0 Å². The minimum atomic E-state index is 0.841. The summed E-state index contributed by atoms with van der Waals surface area (Å²) in [6.45, 7) is 10.0. The number of nitrogens with zero attached hydrogens (tertiary/aromatic N) is 6. The molecule has 0 saturated carbocycles. The molecule has 2 aromatic rings. The highest BCUT2D eigenvalue weighted by molar-refractivity contribution is 7.09. The van der Waals surface area contributed by atoms with Crippen molar-refractivity contribution in [2.75, 3.05) is 36.0 Å². The van der Waals surface area contributed by atoms with Gasteiger partial charge in [-0.05, 0) is 20.3 Å². The van der Waals surface area contributed by atoms with Gasteiger partial charge in [0.1, 0.15) is 17.5 Å². The van der Waals surface area contributed by atoms with Gasteiger partial charge in [-0.3, -0.25) is 0 Å². The van der Waals surface area contributed by atoms with Gasteiger partial charge in [0.15, 0.2) is 0 Å². The van der Waals surface area contributed by atoms with Gasteiger partial charge in [0.25, 0.3) is 0 Å². The number of hydrogen-bond acceptors (Lipinski definition) is 7. The molecule has 1 saturated heterocycles. The van der Waals surface area contributed by atoms with Crippen molar-refractivity contribution in [2.45, 2.75) is 33.6 Å². The number of aromatic nitrogens is 4. The number of rotatable bonds is 3. The van der Waals surface area contributed by atoms with Crippen LogP contribution in [0, 0.1) is 13.8 Å². The van der Waals surface area contributed by atoms with Crippen LogP contribution in [0.1, 0.15) is 30.7 Å². The minimum absolute atomic E-state index is 0.841. The highest BCUT2D eigenvalue weighted by atomic mass is 32.1. The summed E-state index contributed by atoms with van der Waals surface area (Å²) in [6, 6.07) is 2.07. The van der Waals surface area contributed by atoms with E-state index >= 15 is 0 Å². The Morgan fingerprint density at radius 1 is 1.05 bits per heavy atom. The number of anilines is 2. The van der Waals surface area contributed by atoms with Crippen LogP contribution >= 0.6 is 11.5 Å². The van der Waals surface area contributed by atoms with E-state index in [2.05, 4.69) is 42.1 Å². The molecule has 0 unspecified atom stereocenters. The average Bonchev–Trinajstić information content (AvgIpc) is 2.83. The molecule has 1 aliphatic rings. The van der Waals surface area contributed by atoms with Crippen LogP contribution in [0.25, 0.3) is 0 Å². The second-order valence-corrected chi connectivity index (χ2v) is 6.32. The third-order valence-corrected chi connectivity index (χ3v) is 4.63. The summed E-state index contributed by atoms with van der Waals surface area (Å²) >= 11 is 1.51. The Bertz CT molecular complexity index is 620. The van der Waals surface area contributed by atoms with E-state index in [1.165, 1.54) is 11.5 Å². The average molecular weight is 318 g/mol.